The second-order valence-electron chi connectivity index (χ2n) is 3.33. The molecule has 0 aromatic rings. The summed E-state index contributed by atoms with van der Waals surface area (Å²) in [5.41, 5.74) is 0. The number of carbonyl (C=O) groups is 1. The number of thioether (sulfide) groups is 1. The van der Waals surface area contributed by atoms with Crippen LogP contribution in [0.3, 0.4) is 0 Å². The maximum Gasteiger partial charge on any atom is 0.303 e. The molecule has 96 valence electrons. The van der Waals surface area contributed by atoms with Gasteiger partial charge in [-0.2, -0.15) is 0 Å². The first-order valence-electron chi connectivity index (χ1n) is 5.27. The van der Waals surface area contributed by atoms with Crippen molar-refractivity contribution in [1.82, 2.24) is 5.32 Å². The Labute approximate surface area is 112 Å². The lowest BCUT2D eigenvalue weighted by Gasteiger charge is -2.07. The van der Waals surface area contributed by atoms with Crippen molar-refractivity contribution in [3.8, 4) is 0 Å². The summed E-state index contributed by atoms with van der Waals surface area (Å²) in [6.45, 7) is 4.15. The molecule has 2 N–H and O–H groups in total. The van der Waals surface area contributed by atoms with Gasteiger partial charge in [0.2, 0.25) is 0 Å². The van der Waals surface area contributed by atoms with Crippen LogP contribution in [0.15, 0.2) is 16.1 Å². The molecule has 0 aromatic carbocycles. The monoisotopic (exact) mass is 274 g/mol. The summed E-state index contributed by atoms with van der Waals surface area (Å²) in [4.78, 5) is 15.9. The van der Waals surface area contributed by atoms with Crippen LogP contribution in [0.25, 0.3) is 0 Å². The summed E-state index contributed by atoms with van der Waals surface area (Å²) in [7, 11) is 0. The van der Waals surface area contributed by atoms with E-state index in [1.54, 1.807) is 18.0 Å². The van der Waals surface area contributed by atoms with E-state index in [2.05, 4.69) is 17.0 Å². The van der Waals surface area contributed by atoms with Crippen molar-refractivity contribution in [2.75, 3.05) is 12.8 Å². The van der Waals surface area contributed by atoms with Gasteiger partial charge in [-0.05, 0) is 32.2 Å². The summed E-state index contributed by atoms with van der Waals surface area (Å²) >= 11 is 6.73. The van der Waals surface area contributed by atoms with Crippen molar-refractivity contribution in [3.05, 3.63) is 11.1 Å². The van der Waals surface area contributed by atoms with Crippen LogP contribution in [0.2, 0.25) is 0 Å². The fourth-order valence-electron chi connectivity index (χ4n) is 1.13. The highest BCUT2D eigenvalue weighted by Crippen LogP contribution is 2.14. The van der Waals surface area contributed by atoms with Crippen LogP contribution >= 0.6 is 24.0 Å². The maximum absolute atomic E-state index is 10.3. The van der Waals surface area contributed by atoms with Gasteiger partial charge >= 0.3 is 5.97 Å². The molecule has 0 heterocycles. The predicted molar refractivity (Wildman–Crippen MR) is 77.9 cm³/mol. The zero-order valence-corrected chi connectivity index (χ0v) is 11.6. The Morgan fingerprint density at radius 3 is 2.76 bits per heavy atom. The highest BCUT2D eigenvalue weighted by atomic mass is 32.2. The van der Waals surface area contributed by atoms with E-state index in [9.17, 15) is 4.79 Å². The average molecular weight is 274 g/mol. The van der Waals surface area contributed by atoms with E-state index in [4.69, 9.17) is 17.3 Å². The van der Waals surface area contributed by atoms with Gasteiger partial charge in [0.05, 0.1) is 4.99 Å². The van der Waals surface area contributed by atoms with Gasteiger partial charge in [-0.3, -0.25) is 9.79 Å². The fraction of sp³-hybridized carbons (Fsp3) is 0.545. The molecule has 0 rings (SSSR count). The number of aliphatic imine (C=N–C) groups is 1. The second-order valence-corrected chi connectivity index (χ2v) is 4.75. The van der Waals surface area contributed by atoms with Crippen molar-refractivity contribution in [2.24, 2.45) is 4.99 Å². The molecule has 0 bridgehead atoms. The number of thiocarbonyl (C=S) groups is 1. The zero-order chi connectivity index (χ0) is 13.1. The summed E-state index contributed by atoms with van der Waals surface area (Å²) in [5.74, 6) is -0.780. The minimum absolute atomic E-state index is 0.165. The summed E-state index contributed by atoms with van der Waals surface area (Å²) in [6.07, 6.45) is 5.94. The highest BCUT2D eigenvalue weighted by Gasteiger charge is 2.01. The number of carboxylic acid groups (broad SMARTS) is 1. The number of hydrogen-bond acceptors (Lipinski definition) is 4. The molecule has 0 unspecified atom stereocenters. The van der Waals surface area contributed by atoms with E-state index in [-0.39, 0.29) is 6.42 Å². The molecular weight excluding hydrogens is 256 g/mol. The number of nitrogens with zero attached hydrogens (tertiary/aromatic N) is 1. The minimum atomic E-state index is -0.780. The summed E-state index contributed by atoms with van der Waals surface area (Å²) in [6, 6.07) is 0. The molecular formula is C11H18N2O2S2. The van der Waals surface area contributed by atoms with Crippen molar-refractivity contribution >= 4 is 41.7 Å². The van der Waals surface area contributed by atoms with Crippen molar-refractivity contribution < 1.29 is 9.90 Å². The number of aliphatic carboxylic acids is 1. The topological polar surface area (TPSA) is 61.7 Å². The molecule has 0 atom stereocenters. The highest BCUT2D eigenvalue weighted by molar-refractivity contribution is 8.02. The second kappa shape index (κ2) is 10.3. The van der Waals surface area contributed by atoms with Crippen LogP contribution in [0, 0.1) is 0 Å². The van der Waals surface area contributed by atoms with Gasteiger partial charge in [0.25, 0.3) is 0 Å². The molecule has 0 aromatic heterocycles. The number of hydrogen-bond donors (Lipinski definition) is 2. The predicted octanol–water partition coefficient (Wildman–Crippen LogP) is 2.45. The van der Waals surface area contributed by atoms with Gasteiger partial charge < -0.3 is 10.4 Å². The van der Waals surface area contributed by atoms with Crippen LogP contribution in [0.1, 0.15) is 25.7 Å². The third kappa shape index (κ3) is 10.0. The van der Waals surface area contributed by atoms with Crippen LogP contribution in [-0.4, -0.2) is 35.6 Å². The molecule has 0 aliphatic heterocycles. The van der Waals surface area contributed by atoms with Crippen LogP contribution < -0.4 is 5.32 Å². The standard InChI is InChI=1S/C11H18N2O2S2/c1-12-8-9(17-2)6-7-13-10(16)4-3-5-11(14)15/h8H,1,3-7H2,2H3,(H,13,16)(H,14,15)/b9-8-. The van der Waals surface area contributed by atoms with Gasteiger partial charge in [0, 0.05) is 24.1 Å². The lowest BCUT2D eigenvalue weighted by atomic mass is 10.2. The molecule has 0 aliphatic rings. The zero-order valence-electron chi connectivity index (χ0n) is 9.94. The molecule has 0 radical (unpaired) electrons. The van der Waals surface area contributed by atoms with Crippen LogP contribution in [0.4, 0.5) is 0 Å². The van der Waals surface area contributed by atoms with E-state index >= 15 is 0 Å². The Kier molecular flexibility index (Phi) is 9.75. The quantitative estimate of drug-likeness (QED) is 0.499. The lowest BCUT2D eigenvalue weighted by Crippen LogP contribution is -2.22. The van der Waals surface area contributed by atoms with Crippen LogP contribution in [-0.2, 0) is 4.79 Å². The van der Waals surface area contributed by atoms with E-state index in [0.717, 1.165) is 22.9 Å². The Morgan fingerprint density at radius 1 is 1.53 bits per heavy atom. The smallest absolute Gasteiger partial charge is 0.303 e. The minimum Gasteiger partial charge on any atom is -0.481 e. The SMILES string of the molecule is C=N/C=C(/CCNC(=S)CCCC(=O)O)SC. The van der Waals surface area contributed by atoms with Gasteiger partial charge in [-0.15, -0.1) is 11.8 Å². The molecule has 0 amide bonds. The van der Waals surface area contributed by atoms with E-state index in [1.165, 1.54) is 0 Å². The van der Waals surface area contributed by atoms with Gasteiger partial charge in [-0.25, -0.2) is 0 Å². The van der Waals surface area contributed by atoms with E-state index < -0.39 is 5.97 Å². The largest absolute Gasteiger partial charge is 0.481 e. The summed E-state index contributed by atoms with van der Waals surface area (Å²) in [5, 5.41) is 11.6. The molecule has 0 fully saturated rings. The molecule has 0 spiro atoms. The van der Waals surface area contributed by atoms with Crippen LogP contribution in [0.5, 0.6) is 0 Å². The van der Waals surface area contributed by atoms with Crippen molar-refractivity contribution in [1.29, 1.82) is 0 Å². The molecule has 6 heteroatoms. The summed E-state index contributed by atoms with van der Waals surface area (Å²) < 4.78 is 0. The third-order valence-electron chi connectivity index (χ3n) is 1.99. The number of nitrogens with one attached hydrogen (secondary N) is 1. The molecule has 0 aliphatic carbocycles. The van der Waals surface area contributed by atoms with Gasteiger partial charge in [0.1, 0.15) is 0 Å². The van der Waals surface area contributed by atoms with Crippen molar-refractivity contribution in [3.63, 3.8) is 0 Å². The Balaban J connectivity index is 3.66. The maximum atomic E-state index is 10.3. The Morgan fingerprint density at radius 2 is 2.24 bits per heavy atom. The van der Waals surface area contributed by atoms with E-state index in [1.807, 2.05) is 6.26 Å². The molecule has 4 nitrogen and oxygen atoms in total. The van der Waals surface area contributed by atoms with Crippen molar-refractivity contribution in [2.45, 2.75) is 25.7 Å². The molecule has 17 heavy (non-hydrogen) atoms. The number of rotatable bonds is 9. The Bertz CT molecular complexity index is 304. The normalized spacial score (nSPS) is 11.0. The van der Waals surface area contributed by atoms with Gasteiger partial charge in [-0.1, -0.05) is 12.2 Å². The molecule has 0 saturated heterocycles. The average Bonchev–Trinajstić information content (AvgIpc) is 2.27. The first kappa shape index (κ1) is 16.1. The molecule has 0 saturated carbocycles. The fourth-order valence-corrected chi connectivity index (χ4v) is 1.87. The Hall–Kier alpha value is -0.880. The third-order valence-corrected chi connectivity index (χ3v) is 3.17. The van der Waals surface area contributed by atoms with Gasteiger partial charge in [0.15, 0.2) is 0 Å². The van der Waals surface area contributed by atoms with E-state index in [0.29, 0.717) is 12.8 Å². The first-order chi connectivity index (χ1) is 8.10. The lowest BCUT2D eigenvalue weighted by molar-refractivity contribution is -0.137. The first-order valence-corrected chi connectivity index (χ1v) is 6.90. The number of carboxylic acids is 1.